The van der Waals surface area contributed by atoms with E-state index in [1.165, 1.54) is 10.9 Å². The molecule has 0 radical (unpaired) electrons. The van der Waals surface area contributed by atoms with Crippen LogP contribution in [0.3, 0.4) is 0 Å². The molecule has 3 aromatic rings. The molecule has 1 saturated heterocycles. The Balaban J connectivity index is 1.56. The summed E-state index contributed by atoms with van der Waals surface area (Å²) in [5.74, 6) is -0.336. The Kier molecular flexibility index (Phi) is 5.80. The number of thiophene rings is 1. The Morgan fingerprint density at radius 3 is 2.76 bits per heavy atom. The Morgan fingerprint density at radius 1 is 1.24 bits per heavy atom. The van der Waals surface area contributed by atoms with Crippen molar-refractivity contribution >= 4 is 28.2 Å². The fourth-order valence-corrected chi connectivity index (χ4v) is 4.69. The standard InChI is InChI=1S/C22H24N2O4S/c1-14-10-15(2)21-17(25)12-19(28-18(21)11-14)22(26)23-13-16(20-4-3-9-29-20)24-5-7-27-8-6-24/h3-4,9-12,16H,5-8,13H2,1-2H3,(H,23,26)/t16-/m1/s1. The molecule has 0 saturated carbocycles. The zero-order valence-electron chi connectivity index (χ0n) is 16.6. The van der Waals surface area contributed by atoms with Crippen molar-refractivity contribution in [2.24, 2.45) is 0 Å². The number of nitrogens with one attached hydrogen (secondary N) is 1. The molecule has 1 aliphatic rings. The highest BCUT2D eigenvalue weighted by Gasteiger charge is 2.24. The minimum atomic E-state index is -0.377. The number of ether oxygens (including phenoxy) is 1. The van der Waals surface area contributed by atoms with E-state index in [2.05, 4.69) is 16.3 Å². The highest BCUT2D eigenvalue weighted by atomic mass is 32.1. The normalized spacial score (nSPS) is 16.1. The molecular weight excluding hydrogens is 388 g/mol. The largest absolute Gasteiger partial charge is 0.451 e. The van der Waals surface area contributed by atoms with Crippen LogP contribution in [0.5, 0.6) is 0 Å². The Hall–Kier alpha value is -2.48. The summed E-state index contributed by atoms with van der Waals surface area (Å²) >= 11 is 1.67. The van der Waals surface area contributed by atoms with Gasteiger partial charge in [0.2, 0.25) is 0 Å². The lowest BCUT2D eigenvalue weighted by atomic mass is 10.1. The molecule has 152 valence electrons. The van der Waals surface area contributed by atoms with Crippen LogP contribution in [0.1, 0.15) is 32.6 Å². The van der Waals surface area contributed by atoms with Gasteiger partial charge >= 0.3 is 0 Å². The fraction of sp³-hybridized carbons (Fsp3) is 0.364. The van der Waals surface area contributed by atoms with Gasteiger partial charge in [0, 0.05) is 30.6 Å². The van der Waals surface area contributed by atoms with Crippen LogP contribution >= 0.6 is 11.3 Å². The Labute approximate surface area is 173 Å². The first-order chi connectivity index (χ1) is 14.0. The van der Waals surface area contributed by atoms with E-state index >= 15 is 0 Å². The van der Waals surface area contributed by atoms with Crippen LogP contribution in [0.2, 0.25) is 0 Å². The number of carbonyl (C=O) groups excluding carboxylic acids is 1. The van der Waals surface area contributed by atoms with Gasteiger partial charge in [-0.05, 0) is 42.5 Å². The van der Waals surface area contributed by atoms with E-state index in [0.29, 0.717) is 30.7 Å². The third kappa shape index (κ3) is 4.27. The lowest BCUT2D eigenvalue weighted by molar-refractivity contribution is 0.0168. The number of hydrogen-bond donors (Lipinski definition) is 1. The first kappa shape index (κ1) is 19.8. The second kappa shape index (κ2) is 8.49. The van der Waals surface area contributed by atoms with Crippen molar-refractivity contribution in [2.45, 2.75) is 19.9 Å². The molecule has 1 fully saturated rings. The Bertz CT molecular complexity index is 1070. The predicted molar refractivity (Wildman–Crippen MR) is 114 cm³/mol. The second-order valence-corrected chi connectivity index (χ2v) is 8.30. The van der Waals surface area contributed by atoms with Crippen LogP contribution < -0.4 is 10.7 Å². The zero-order valence-corrected chi connectivity index (χ0v) is 17.4. The van der Waals surface area contributed by atoms with Crippen LogP contribution in [0.15, 0.2) is 44.9 Å². The van der Waals surface area contributed by atoms with Gasteiger partial charge in [0.1, 0.15) is 5.58 Å². The van der Waals surface area contributed by atoms with Gasteiger partial charge in [-0.1, -0.05) is 12.1 Å². The van der Waals surface area contributed by atoms with Crippen LogP contribution in [0.25, 0.3) is 11.0 Å². The van der Waals surface area contributed by atoms with Crippen molar-refractivity contribution in [2.75, 3.05) is 32.8 Å². The summed E-state index contributed by atoms with van der Waals surface area (Å²) in [5, 5.41) is 5.52. The van der Waals surface area contributed by atoms with E-state index in [0.717, 1.165) is 24.2 Å². The molecule has 2 aromatic heterocycles. The van der Waals surface area contributed by atoms with E-state index in [4.69, 9.17) is 9.15 Å². The van der Waals surface area contributed by atoms with Crippen LogP contribution in [0, 0.1) is 13.8 Å². The molecule has 0 spiro atoms. The molecule has 7 heteroatoms. The van der Waals surface area contributed by atoms with Crippen molar-refractivity contribution in [3.63, 3.8) is 0 Å². The van der Waals surface area contributed by atoms with Crippen LogP contribution in [-0.4, -0.2) is 43.7 Å². The topological polar surface area (TPSA) is 71.8 Å². The molecule has 29 heavy (non-hydrogen) atoms. The molecule has 0 unspecified atom stereocenters. The summed E-state index contributed by atoms with van der Waals surface area (Å²) in [6, 6.07) is 9.19. The van der Waals surface area contributed by atoms with Gasteiger partial charge in [-0.2, -0.15) is 0 Å². The molecule has 0 bridgehead atoms. The number of carbonyl (C=O) groups is 1. The van der Waals surface area contributed by atoms with Crippen molar-refractivity contribution in [1.29, 1.82) is 0 Å². The monoisotopic (exact) mass is 412 g/mol. The molecule has 4 rings (SSSR count). The van der Waals surface area contributed by atoms with E-state index in [-0.39, 0.29) is 23.1 Å². The minimum absolute atomic E-state index is 0.0411. The second-order valence-electron chi connectivity index (χ2n) is 7.32. The molecule has 1 N–H and O–H groups in total. The van der Waals surface area contributed by atoms with E-state index in [1.807, 2.05) is 31.4 Å². The first-order valence-electron chi connectivity index (χ1n) is 9.71. The SMILES string of the molecule is Cc1cc(C)c2c(=O)cc(C(=O)NC[C@H](c3cccs3)N3CCOCC3)oc2c1. The number of aryl methyl sites for hydroxylation is 2. The Morgan fingerprint density at radius 2 is 2.03 bits per heavy atom. The molecule has 6 nitrogen and oxygen atoms in total. The van der Waals surface area contributed by atoms with Gasteiger partial charge in [-0.15, -0.1) is 11.3 Å². The smallest absolute Gasteiger partial charge is 0.287 e. The summed E-state index contributed by atoms with van der Waals surface area (Å²) in [6.45, 7) is 7.27. The van der Waals surface area contributed by atoms with Crippen molar-refractivity contribution < 1.29 is 13.9 Å². The van der Waals surface area contributed by atoms with E-state index in [9.17, 15) is 9.59 Å². The summed E-state index contributed by atoms with van der Waals surface area (Å²) < 4.78 is 11.3. The summed E-state index contributed by atoms with van der Waals surface area (Å²) in [7, 11) is 0. The predicted octanol–water partition coefficient (Wildman–Crippen LogP) is 3.27. The highest BCUT2D eigenvalue weighted by Crippen LogP contribution is 2.25. The first-order valence-corrected chi connectivity index (χ1v) is 10.6. The number of hydrogen-bond acceptors (Lipinski definition) is 6. The summed E-state index contributed by atoms with van der Waals surface area (Å²) in [6.07, 6.45) is 0. The average molecular weight is 413 g/mol. The van der Waals surface area contributed by atoms with E-state index < -0.39 is 0 Å². The molecule has 3 heterocycles. The molecule has 1 amide bonds. The van der Waals surface area contributed by atoms with E-state index in [1.54, 1.807) is 17.4 Å². The minimum Gasteiger partial charge on any atom is -0.451 e. The number of morpholine rings is 1. The lowest BCUT2D eigenvalue weighted by Crippen LogP contribution is -2.43. The van der Waals surface area contributed by atoms with Crippen molar-refractivity contribution in [3.05, 3.63) is 67.7 Å². The van der Waals surface area contributed by atoms with Crippen LogP contribution in [-0.2, 0) is 4.74 Å². The number of amides is 1. The summed E-state index contributed by atoms with van der Waals surface area (Å²) in [4.78, 5) is 28.8. The average Bonchev–Trinajstić information content (AvgIpc) is 3.22. The fourth-order valence-electron chi connectivity index (χ4n) is 3.83. The third-order valence-corrected chi connectivity index (χ3v) is 6.18. The van der Waals surface area contributed by atoms with Crippen molar-refractivity contribution in [1.82, 2.24) is 10.2 Å². The lowest BCUT2D eigenvalue weighted by Gasteiger charge is -2.34. The van der Waals surface area contributed by atoms with Gasteiger partial charge in [0.15, 0.2) is 11.2 Å². The van der Waals surface area contributed by atoms with Crippen molar-refractivity contribution in [3.8, 4) is 0 Å². The number of fused-ring (bicyclic) bond motifs is 1. The quantitative estimate of drug-likeness (QED) is 0.696. The van der Waals surface area contributed by atoms with Gasteiger partial charge in [0.25, 0.3) is 5.91 Å². The maximum Gasteiger partial charge on any atom is 0.287 e. The maximum absolute atomic E-state index is 12.8. The van der Waals surface area contributed by atoms with Gasteiger partial charge in [-0.25, -0.2) is 0 Å². The zero-order chi connectivity index (χ0) is 20.4. The molecule has 0 aliphatic carbocycles. The molecule has 1 aliphatic heterocycles. The third-order valence-electron chi connectivity index (χ3n) is 5.21. The summed E-state index contributed by atoms with van der Waals surface area (Å²) in [5.41, 5.74) is 2.09. The van der Waals surface area contributed by atoms with Gasteiger partial charge < -0.3 is 14.5 Å². The number of benzene rings is 1. The van der Waals surface area contributed by atoms with Gasteiger partial charge in [0.05, 0.1) is 24.6 Å². The number of nitrogens with zero attached hydrogens (tertiary/aromatic N) is 1. The highest BCUT2D eigenvalue weighted by molar-refractivity contribution is 7.10. The van der Waals surface area contributed by atoms with Gasteiger partial charge in [-0.3, -0.25) is 14.5 Å². The van der Waals surface area contributed by atoms with Crippen LogP contribution in [0.4, 0.5) is 0 Å². The molecule has 1 aromatic carbocycles. The maximum atomic E-state index is 12.8. The molecular formula is C22H24N2O4S. The number of rotatable bonds is 5. The molecule has 1 atom stereocenters.